The van der Waals surface area contributed by atoms with Gasteiger partial charge in [-0.3, -0.25) is 4.79 Å². The predicted octanol–water partition coefficient (Wildman–Crippen LogP) is 2.98. The zero-order valence-corrected chi connectivity index (χ0v) is 16.9. The van der Waals surface area contributed by atoms with E-state index < -0.39 is 10.0 Å². The fourth-order valence-electron chi connectivity index (χ4n) is 4.08. The summed E-state index contributed by atoms with van der Waals surface area (Å²) in [4.78, 5) is 17.1. The van der Waals surface area contributed by atoms with E-state index in [4.69, 9.17) is 0 Å². The van der Waals surface area contributed by atoms with Crippen molar-refractivity contribution in [3.05, 3.63) is 59.6 Å². The molecule has 29 heavy (non-hydrogen) atoms. The molecule has 2 aliphatic heterocycles. The quantitative estimate of drug-likeness (QED) is 0.755. The molecule has 3 aliphatic rings. The second-order valence-electron chi connectivity index (χ2n) is 7.67. The molecule has 1 aromatic carbocycles. The Morgan fingerprint density at radius 1 is 1.17 bits per heavy atom. The molecule has 0 unspecified atom stereocenters. The Balaban J connectivity index is 1.66. The topological polar surface area (TPSA) is 70.0 Å². The molecule has 2 heterocycles. The third kappa shape index (κ3) is 4.42. The monoisotopic (exact) mass is 417 g/mol. The van der Waals surface area contributed by atoms with Crippen LogP contribution in [0.15, 0.2) is 52.6 Å². The summed E-state index contributed by atoms with van der Waals surface area (Å²) in [6, 6.07) is 6.22. The molecule has 0 radical (unpaired) electrons. The summed E-state index contributed by atoms with van der Waals surface area (Å²) in [7, 11) is -3.57. The van der Waals surface area contributed by atoms with Crippen LogP contribution in [0.2, 0.25) is 0 Å². The highest BCUT2D eigenvalue weighted by atomic mass is 32.2. The summed E-state index contributed by atoms with van der Waals surface area (Å²) >= 11 is 0. The number of carbonyl (C=O) groups is 1. The number of amidine groups is 1. The van der Waals surface area contributed by atoms with Crippen molar-refractivity contribution in [1.29, 1.82) is 0 Å². The number of amides is 1. The highest BCUT2D eigenvalue weighted by molar-refractivity contribution is 7.90. The Hall–Kier alpha value is -2.48. The fraction of sp³-hybridized carbons (Fsp3) is 0.429. The van der Waals surface area contributed by atoms with Crippen molar-refractivity contribution in [3.8, 4) is 0 Å². The smallest absolute Gasteiger partial charge is 0.258 e. The number of benzene rings is 1. The minimum Gasteiger partial charge on any atom is -0.331 e. The number of allylic oxidation sites excluding steroid dienone is 2. The number of nitrogens with zero attached hydrogens (tertiary/aromatic N) is 3. The molecule has 0 atom stereocenters. The highest BCUT2D eigenvalue weighted by Gasteiger charge is 2.34. The lowest BCUT2D eigenvalue weighted by molar-refractivity contribution is -0.130. The van der Waals surface area contributed by atoms with Crippen molar-refractivity contribution < 1.29 is 17.6 Å². The highest BCUT2D eigenvalue weighted by Crippen LogP contribution is 2.27. The summed E-state index contributed by atoms with van der Waals surface area (Å²) in [6.07, 6.45) is 10.2. The first kappa shape index (κ1) is 19.8. The van der Waals surface area contributed by atoms with E-state index in [1.807, 2.05) is 0 Å². The second-order valence-corrected chi connectivity index (χ2v) is 9.42. The van der Waals surface area contributed by atoms with Crippen LogP contribution in [-0.4, -0.2) is 48.3 Å². The van der Waals surface area contributed by atoms with Crippen LogP contribution in [0, 0.1) is 5.82 Å². The van der Waals surface area contributed by atoms with Gasteiger partial charge >= 0.3 is 0 Å². The lowest BCUT2D eigenvalue weighted by Gasteiger charge is -2.37. The standard InChI is InChI=1S/C21H24FN3O3S/c22-17-10-8-16(9-11-17)15-25(18-5-2-1-3-6-18)21(26)19-7-4-12-24-13-14-29(27,28)23-20(19)24/h4,7-12,18H,1-3,5-6,13-15H2. The maximum Gasteiger partial charge on any atom is 0.258 e. The summed E-state index contributed by atoms with van der Waals surface area (Å²) in [5.74, 6) is -0.415. The SMILES string of the molecule is O=C(C1=CC=CN2CCS(=O)(=O)N=C12)N(Cc1ccc(F)cc1)C1CCCCC1. The Morgan fingerprint density at radius 3 is 2.62 bits per heavy atom. The van der Waals surface area contributed by atoms with Gasteiger partial charge in [0.1, 0.15) is 5.82 Å². The first-order chi connectivity index (χ1) is 13.9. The van der Waals surface area contributed by atoms with Gasteiger partial charge in [0.15, 0.2) is 5.84 Å². The van der Waals surface area contributed by atoms with E-state index in [-0.39, 0.29) is 35.9 Å². The number of halogens is 1. The normalized spacial score (nSPS) is 21.2. The number of hydrogen-bond acceptors (Lipinski definition) is 4. The minimum absolute atomic E-state index is 0.0652. The maximum atomic E-state index is 13.6. The summed E-state index contributed by atoms with van der Waals surface area (Å²) in [6.45, 7) is 0.633. The van der Waals surface area contributed by atoms with Crippen LogP contribution in [0.25, 0.3) is 0 Å². The van der Waals surface area contributed by atoms with E-state index in [0.29, 0.717) is 12.1 Å². The van der Waals surface area contributed by atoms with Crippen molar-refractivity contribution in [2.24, 2.45) is 4.40 Å². The molecule has 1 amide bonds. The predicted molar refractivity (Wildman–Crippen MR) is 109 cm³/mol. The van der Waals surface area contributed by atoms with Gasteiger partial charge in [-0.15, -0.1) is 4.40 Å². The molecule has 154 valence electrons. The van der Waals surface area contributed by atoms with Gasteiger partial charge in [0.2, 0.25) is 0 Å². The van der Waals surface area contributed by atoms with Gasteiger partial charge in [0.25, 0.3) is 15.9 Å². The van der Waals surface area contributed by atoms with E-state index >= 15 is 0 Å². The average Bonchev–Trinajstić information content (AvgIpc) is 2.72. The zero-order chi connectivity index (χ0) is 20.4. The number of sulfonamides is 1. The fourth-order valence-corrected chi connectivity index (χ4v) is 5.07. The van der Waals surface area contributed by atoms with E-state index in [1.54, 1.807) is 40.3 Å². The Morgan fingerprint density at radius 2 is 1.90 bits per heavy atom. The van der Waals surface area contributed by atoms with E-state index in [0.717, 1.165) is 37.7 Å². The molecule has 1 aliphatic carbocycles. The Labute approximate surface area is 170 Å². The number of hydrogen-bond donors (Lipinski definition) is 0. The molecule has 6 nitrogen and oxygen atoms in total. The zero-order valence-electron chi connectivity index (χ0n) is 16.1. The molecular formula is C21H24FN3O3S. The van der Waals surface area contributed by atoms with Crippen LogP contribution in [0.1, 0.15) is 37.7 Å². The third-order valence-electron chi connectivity index (χ3n) is 5.63. The molecule has 0 aromatic heterocycles. The first-order valence-electron chi connectivity index (χ1n) is 9.96. The largest absolute Gasteiger partial charge is 0.331 e. The molecular weight excluding hydrogens is 393 g/mol. The van der Waals surface area contributed by atoms with Gasteiger partial charge in [-0.2, -0.15) is 0 Å². The Bertz CT molecular complexity index is 977. The molecule has 0 spiro atoms. The van der Waals surface area contributed by atoms with Crippen LogP contribution in [0.3, 0.4) is 0 Å². The van der Waals surface area contributed by atoms with Gasteiger partial charge in [-0.1, -0.05) is 31.4 Å². The average molecular weight is 418 g/mol. The first-order valence-corrected chi connectivity index (χ1v) is 11.6. The second kappa shape index (κ2) is 8.10. The lowest BCUT2D eigenvalue weighted by atomic mass is 9.93. The van der Waals surface area contributed by atoms with E-state index in [2.05, 4.69) is 4.40 Å². The Kier molecular flexibility index (Phi) is 5.54. The molecule has 1 aromatic rings. The molecule has 1 saturated carbocycles. The van der Waals surface area contributed by atoms with Gasteiger partial charge in [-0.25, -0.2) is 12.8 Å². The van der Waals surface area contributed by atoms with Crippen molar-refractivity contribution >= 4 is 21.8 Å². The number of carbonyl (C=O) groups excluding carboxylic acids is 1. The van der Waals surface area contributed by atoms with Gasteiger partial charge in [0.05, 0.1) is 11.3 Å². The van der Waals surface area contributed by atoms with Gasteiger partial charge in [-0.05, 0) is 42.7 Å². The van der Waals surface area contributed by atoms with Crippen LogP contribution in [0.4, 0.5) is 4.39 Å². The summed E-state index contributed by atoms with van der Waals surface area (Å²) < 4.78 is 41.3. The van der Waals surface area contributed by atoms with Crippen LogP contribution >= 0.6 is 0 Å². The summed E-state index contributed by atoms with van der Waals surface area (Å²) in [5.41, 5.74) is 1.13. The lowest BCUT2D eigenvalue weighted by Crippen LogP contribution is -2.46. The van der Waals surface area contributed by atoms with E-state index in [1.165, 1.54) is 12.1 Å². The van der Waals surface area contributed by atoms with Crippen molar-refractivity contribution in [2.45, 2.75) is 44.7 Å². The minimum atomic E-state index is -3.57. The molecule has 0 bridgehead atoms. The maximum absolute atomic E-state index is 13.6. The molecule has 1 fully saturated rings. The van der Waals surface area contributed by atoms with Gasteiger partial charge in [0, 0.05) is 25.3 Å². The molecule has 0 N–H and O–H groups in total. The summed E-state index contributed by atoms with van der Waals surface area (Å²) in [5, 5.41) is 0. The van der Waals surface area contributed by atoms with Crippen LogP contribution in [-0.2, 0) is 21.4 Å². The number of fused-ring (bicyclic) bond motifs is 1. The van der Waals surface area contributed by atoms with Crippen molar-refractivity contribution in [2.75, 3.05) is 12.3 Å². The van der Waals surface area contributed by atoms with Crippen molar-refractivity contribution in [1.82, 2.24) is 9.80 Å². The third-order valence-corrected chi connectivity index (χ3v) is 6.78. The van der Waals surface area contributed by atoms with E-state index in [9.17, 15) is 17.6 Å². The van der Waals surface area contributed by atoms with Crippen LogP contribution < -0.4 is 0 Å². The molecule has 0 saturated heterocycles. The number of rotatable bonds is 4. The molecule has 4 rings (SSSR count). The molecule has 8 heteroatoms. The van der Waals surface area contributed by atoms with Crippen molar-refractivity contribution in [3.63, 3.8) is 0 Å². The van der Waals surface area contributed by atoms with Gasteiger partial charge < -0.3 is 9.80 Å². The van der Waals surface area contributed by atoms with Crippen LogP contribution in [0.5, 0.6) is 0 Å².